The van der Waals surface area contributed by atoms with E-state index in [1.54, 1.807) is 0 Å². The van der Waals surface area contributed by atoms with Crippen molar-refractivity contribution in [3.05, 3.63) is 34.4 Å². The number of hydrogen-bond acceptors (Lipinski definition) is 1. The molecule has 17 heavy (non-hydrogen) atoms. The van der Waals surface area contributed by atoms with E-state index in [-0.39, 0.29) is 5.41 Å². The zero-order valence-electron chi connectivity index (χ0n) is 9.61. The van der Waals surface area contributed by atoms with Gasteiger partial charge in [-0.3, -0.25) is 0 Å². The molecule has 0 unspecified atom stereocenters. The standard InChI is InChI=1S/C13H16ClF2N/c14-12-10(15)6-9(7-11(12)16)13(8-17)4-2-1-3-5-13/h6-7H,1-5,8,17H2. The lowest BCUT2D eigenvalue weighted by Gasteiger charge is -2.37. The van der Waals surface area contributed by atoms with Gasteiger partial charge in [-0.15, -0.1) is 0 Å². The Hall–Kier alpha value is -0.670. The lowest BCUT2D eigenvalue weighted by Crippen LogP contribution is -2.37. The summed E-state index contributed by atoms with van der Waals surface area (Å²) in [5.74, 6) is -1.39. The van der Waals surface area contributed by atoms with Gasteiger partial charge in [0.2, 0.25) is 0 Å². The predicted molar refractivity (Wildman–Crippen MR) is 65.2 cm³/mol. The largest absolute Gasteiger partial charge is 0.330 e. The molecule has 0 radical (unpaired) electrons. The molecule has 0 saturated heterocycles. The Labute approximate surface area is 105 Å². The van der Waals surface area contributed by atoms with Crippen LogP contribution in [-0.2, 0) is 5.41 Å². The van der Waals surface area contributed by atoms with Gasteiger partial charge in [-0.05, 0) is 30.5 Å². The van der Waals surface area contributed by atoms with Crippen molar-refractivity contribution in [2.75, 3.05) is 6.54 Å². The molecule has 1 aromatic carbocycles. The van der Waals surface area contributed by atoms with Crippen LogP contribution in [0.25, 0.3) is 0 Å². The topological polar surface area (TPSA) is 26.0 Å². The molecule has 2 N–H and O–H groups in total. The van der Waals surface area contributed by atoms with Crippen molar-refractivity contribution in [2.24, 2.45) is 5.73 Å². The molecule has 94 valence electrons. The molecular formula is C13H16ClF2N. The van der Waals surface area contributed by atoms with Gasteiger partial charge in [-0.2, -0.15) is 0 Å². The smallest absolute Gasteiger partial charge is 0.145 e. The summed E-state index contributed by atoms with van der Waals surface area (Å²) in [6.07, 6.45) is 5.07. The monoisotopic (exact) mass is 259 g/mol. The van der Waals surface area contributed by atoms with Crippen molar-refractivity contribution in [1.29, 1.82) is 0 Å². The van der Waals surface area contributed by atoms with Gasteiger partial charge >= 0.3 is 0 Å². The molecule has 0 heterocycles. The Morgan fingerprint density at radius 3 is 2.12 bits per heavy atom. The molecule has 2 rings (SSSR count). The van der Waals surface area contributed by atoms with Crippen molar-refractivity contribution in [1.82, 2.24) is 0 Å². The first-order valence-electron chi connectivity index (χ1n) is 5.94. The summed E-state index contributed by atoms with van der Waals surface area (Å²) < 4.78 is 27.0. The highest BCUT2D eigenvalue weighted by molar-refractivity contribution is 6.30. The van der Waals surface area contributed by atoms with Gasteiger partial charge < -0.3 is 5.73 Å². The third-order valence-corrected chi connectivity index (χ3v) is 4.16. The molecule has 0 atom stereocenters. The minimum atomic E-state index is -0.694. The van der Waals surface area contributed by atoms with Crippen LogP contribution in [0.2, 0.25) is 5.02 Å². The van der Waals surface area contributed by atoms with E-state index in [0.29, 0.717) is 12.1 Å². The Kier molecular flexibility index (Phi) is 3.69. The second kappa shape index (κ2) is 4.91. The lowest BCUT2D eigenvalue weighted by atomic mass is 9.69. The maximum absolute atomic E-state index is 13.5. The van der Waals surface area contributed by atoms with Crippen LogP contribution in [0, 0.1) is 11.6 Å². The minimum absolute atomic E-state index is 0.273. The van der Waals surface area contributed by atoms with Crippen LogP contribution in [0.15, 0.2) is 12.1 Å². The van der Waals surface area contributed by atoms with Crippen LogP contribution in [0.1, 0.15) is 37.7 Å². The quantitative estimate of drug-likeness (QED) is 0.804. The van der Waals surface area contributed by atoms with Crippen molar-refractivity contribution in [3.8, 4) is 0 Å². The Balaban J connectivity index is 2.43. The molecule has 1 saturated carbocycles. The molecule has 1 aliphatic carbocycles. The van der Waals surface area contributed by atoms with Crippen molar-refractivity contribution < 1.29 is 8.78 Å². The second-order valence-electron chi connectivity index (χ2n) is 4.80. The van der Waals surface area contributed by atoms with Crippen LogP contribution >= 0.6 is 11.6 Å². The van der Waals surface area contributed by atoms with Gasteiger partial charge in [0.25, 0.3) is 0 Å². The first-order valence-corrected chi connectivity index (χ1v) is 6.32. The zero-order valence-corrected chi connectivity index (χ0v) is 10.4. The van der Waals surface area contributed by atoms with E-state index >= 15 is 0 Å². The van der Waals surface area contributed by atoms with Crippen molar-refractivity contribution >= 4 is 11.6 Å². The van der Waals surface area contributed by atoms with Crippen LogP contribution in [0.3, 0.4) is 0 Å². The molecule has 0 aliphatic heterocycles. The highest BCUT2D eigenvalue weighted by atomic mass is 35.5. The first-order chi connectivity index (χ1) is 8.09. The summed E-state index contributed by atoms with van der Waals surface area (Å²) in [5, 5.41) is -0.434. The fourth-order valence-corrected chi connectivity index (χ4v) is 2.81. The van der Waals surface area contributed by atoms with Gasteiger partial charge in [-0.25, -0.2) is 8.78 Å². The summed E-state index contributed by atoms with van der Waals surface area (Å²) >= 11 is 5.50. The number of benzene rings is 1. The second-order valence-corrected chi connectivity index (χ2v) is 5.18. The summed E-state index contributed by atoms with van der Waals surface area (Å²) in [7, 11) is 0. The normalized spacial score (nSPS) is 19.3. The minimum Gasteiger partial charge on any atom is -0.330 e. The molecule has 0 aromatic heterocycles. The maximum atomic E-state index is 13.5. The summed E-state index contributed by atoms with van der Waals surface area (Å²) in [4.78, 5) is 0. The van der Waals surface area contributed by atoms with Crippen LogP contribution in [0.4, 0.5) is 8.78 Å². The number of nitrogens with two attached hydrogens (primary N) is 1. The highest BCUT2D eigenvalue weighted by Gasteiger charge is 2.33. The number of hydrogen-bond donors (Lipinski definition) is 1. The summed E-state index contributed by atoms with van der Waals surface area (Å²) in [5.41, 5.74) is 6.21. The van der Waals surface area contributed by atoms with Gasteiger partial charge in [0.05, 0.1) is 0 Å². The van der Waals surface area contributed by atoms with Crippen LogP contribution < -0.4 is 5.73 Å². The molecule has 1 fully saturated rings. The van der Waals surface area contributed by atoms with Crippen LogP contribution in [-0.4, -0.2) is 6.54 Å². The summed E-state index contributed by atoms with van der Waals surface area (Å²) in [6, 6.07) is 2.67. The van der Waals surface area contributed by atoms with Gasteiger partial charge in [-0.1, -0.05) is 30.9 Å². The highest BCUT2D eigenvalue weighted by Crippen LogP contribution is 2.40. The van der Waals surface area contributed by atoms with E-state index in [1.165, 1.54) is 18.6 Å². The van der Waals surface area contributed by atoms with E-state index in [9.17, 15) is 8.78 Å². The van der Waals surface area contributed by atoms with Crippen LogP contribution in [0.5, 0.6) is 0 Å². The van der Waals surface area contributed by atoms with E-state index in [0.717, 1.165) is 25.7 Å². The Morgan fingerprint density at radius 1 is 1.12 bits per heavy atom. The van der Waals surface area contributed by atoms with Gasteiger partial charge in [0.1, 0.15) is 16.7 Å². The molecule has 0 amide bonds. The molecule has 4 heteroatoms. The third kappa shape index (κ3) is 2.31. The van der Waals surface area contributed by atoms with E-state index in [2.05, 4.69) is 0 Å². The van der Waals surface area contributed by atoms with Crippen molar-refractivity contribution in [2.45, 2.75) is 37.5 Å². The third-order valence-electron chi connectivity index (χ3n) is 3.80. The summed E-state index contributed by atoms with van der Waals surface area (Å²) in [6.45, 7) is 0.424. The zero-order chi connectivity index (χ0) is 12.5. The molecule has 1 aromatic rings. The average Bonchev–Trinajstić information content (AvgIpc) is 2.36. The number of rotatable bonds is 2. The first kappa shape index (κ1) is 12.8. The average molecular weight is 260 g/mol. The maximum Gasteiger partial charge on any atom is 0.145 e. The predicted octanol–water partition coefficient (Wildman–Crippen LogP) is 3.78. The van der Waals surface area contributed by atoms with E-state index < -0.39 is 16.7 Å². The molecule has 1 nitrogen and oxygen atoms in total. The molecule has 0 spiro atoms. The molecular weight excluding hydrogens is 244 g/mol. The molecule has 1 aliphatic rings. The lowest BCUT2D eigenvalue weighted by molar-refractivity contribution is 0.299. The fraction of sp³-hybridized carbons (Fsp3) is 0.538. The fourth-order valence-electron chi connectivity index (χ4n) is 2.70. The van der Waals surface area contributed by atoms with E-state index in [4.69, 9.17) is 17.3 Å². The van der Waals surface area contributed by atoms with E-state index in [1.807, 2.05) is 0 Å². The van der Waals surface area contributed by atoms with Crippen molar-refractivity contribution in [3.63, 3.8) is 0 Å². The van der Waals surface area contributed by atoms with Gasteiger partial charge in [0.15, 0.2) is 0 Å². The number of halogens is 3. The Morgan fingerprint density at radius 2 is 1.65 bits per heavy atom. The van der Waals surface area contributed by atoms with Gasteiger partial charge in [0, 0.05) is 12.0 Å². The Bertz CT molecular complexity index is 391. The molecule has 0 bridgehead atoms. The SMILES string of the molecule is NCC1(c2cc(F)c(Cl)c(F)c2)CCCCC1.